The molecule has 1 aliphatic heterocycles. The van der Waals surface area contributed by atoms with E-state index < -0.39 is 0 Å². The number of ether oxygens (including phenoxy) is 1. The number of halogens is 1. The second-order valence-electron chi connectivity index (χ2n) is 6.67. The maximum Gasteiger partial charge on any atom is 0.239 e. The monoisotopic (exact) mass is 465 g/mol. The zero-order valence-corrected chi connectivity index (χ0v) is 17.3. The molecular formula is C19H22IN3OS. The summed E-state index contributed by atoms with van der Waals surface area (Å²) < 4.78 is 10.5. The van der Waals surface area contributed by atoms with E-state index in [1.165, 1.54) is 23.9 Å². The Morgan fingerprint density at radius 3 is 3.04 bits per heavy atom. The minimum atomic E-state index is 0.623. The van der Waals surface area contributed by atoms with Gasteiger partial charge in [-0.25, -0.2) is 0 Å². The topological polar surface area (TPSA) is 29.8 Å². The molecule has 0 radical (unpaired) electrons. The van der Waals surface area contributed by atoms with Crippen molar-refractivity contribution in [2.24, 2.45) is 5.92 Å². The molecule has 0 unspecified atom stereocenters. The van der Waals surface area contributed by atoms with Gasteiger partial charge < -0.3 is 9.14 Å². The fourth-order valence-corrected chi connectivity index (χ4v) is 4.66. The van der Waals surface area contributed by atoms with Crippen LogP contribution < -0.4 is 4.74 Å². The molecule has 4 rings (SSSR count). The highest BCUT2D eigenvalue weighted by Crippen LogP contribution is 2.30. The number of piperidine rings is 1. The first-order valence-electron chi connectivity index (χ1n) is 8.71. The highest BCUT2D eigenvalue weighted by Gasteiger charge is 2.20. The molecule has 0 saturated carbocycles. The maximum absolute atomic E-state index is 6.19. The highest BCUT2D eigenvalue weighted by atomic mass is 125. The van der Waals surface area contributed by atoms with Gasteiger partial charge in [-0.1, -0.05) is 28.7 Å². The molecule has 4 heterocycles. The Morgan fingerprint density at radius 1 is 1.40 bits per heavy atom. The fraction of sp³-hybridized carbons (Fsp3) is 0.421. The fourth-order valence-electron chi connectivity index (χ4n) is 3.52. The molecule has 3 aromatic rings. The van der Waals surface area contributed by atoms with Crippen LogP contribution in [0.25, 0.3) is 15.9 Å². The van der Waals surface area contributed by atoms with E-state index in [0.717, 1.165) is 42.5 Å². The van der Waals surface area contributed by atoms with Crippen molar-refractivity contribution in [3.8, 4) is 5.88 Å². The van der Waals surface area contributed by atoms with Crippen molar-refractivity contribution in [1.82, 2.24) is 14.3 Å². The van der Waals surface area contributed by atoms with E-state index in [1.54, 1.807) is 11.3 Å². The summed E-state index contributed by atoms with van der Waals surface area (Å²) in [6, 6.07) is 4.16. The first kappa shape index (κ1) is 17.3. The van der Waals surface area contributed by atoms with E-state index in [2.05, 4.69) is 72.7 Å². The number of rotatable bonds is 5. The zero-order valence-electron chi connectivity index (χ0n) is 14.3. The third-order valence-corrected chi connectivity index (χ3v) is 6.44. The Morgan fingerprint density at radius 2 is 2.24 bits per heavy atom. The molecule has 25 heavy (non-hydrogen) atoms. The number of hydrogen-bond donors (Lipinski definition) is 0. The van der Waals surface area contributed by atoms with Crippen molar-refractivity contribution in [3.05, 3.63) is 39.4 Å². The molecule has 0 amide bonds. The van der Waals surface area contributed by atoms with Gasteiger partial charge >= 0.3 is 0 Å². The zero-order chi connectivity index (χ0) is 17.2. The minimum Gasteiger partial charge on any atom is -0.476 e. The predicted octanol–water partition coefficient (Wildman–Crippen LogP) is 4.90. The van der Waals surface area contributed by atoms with Crippen molar-refractivity contribution in [3.63, 3.8) is 0 Å². The van der Waals surface area contributed by atoms with Crippen LogP contribution in [0.2, 0.25) is 0 Å². The van der Waals surface area contributed by atoms with Gasteiger partial charge in [-0.2, -0.15) is 4.98 Å². The molecular weight excluding hydrogens is 443 g/mol. The molecule has 0 spiro atoms. The lowest BCUT2D eigenvalue weighted by Gasteiger charge is -2.30. The van der Waals surface area contributed by atoms with Crippen molar-refractivity contribution < 1.29 is 4.74 Å². The lowest BCUT2D eigenvalue weighted by atomic mass is 9.98. The number of thiophene rings is 1. The van der Waals surface area contributed by atoms with Gasteiger partial charge in [0.2, 0.25) is 5.88 Å². The van der Waals surface area contributed by atoms with E-state index >= 15 is 0 Å². The van der Waals surface area contributed by atoms with Crippen molar-refractivity contribution in [2.45, 2.75) is 19.8 Å². The van der Waals surface area contributed by atoms with Crippen LogP contribution in [0.3, 0.4) is 0 Å². The molecule has 1 fully saturated rings. The van der Waals surface area contributed by atoms with Crippen molar-refractivity contribution >= 4 is 49.8 Å². The molecule has 6 heteroatoms. The standard InChI is InChI=1S/C19H22IN3OS/c1-14-13-25-19-17(14)23-9-2-4-16(23)18(21-19)24-12-15-5-10-22(11-6-15)8-3-7-20/h2-4,7,9,13,15H,5-6,8,10-12H2,1H3/b7-3+/i20-2. The molecule has 0 bridgehead atoms. The number of aryl methyl sites for hydroxylation is 1. The largest absolute Gasteiger partial charge is 0.476 e. The molecule has 4 nitrogen and oxygen atoms in total. The van der Waals surface area contributed by atoms with Crippen LogP contribution in [0.4, 0.5) is 0 Å². The molecule has 0 atom stereocenters. The summed E-state index contributed by atoms with van der Waals surface area (Å²) in [5.74, 6) is 1.40. The van der Waals surface area contributed by atoms with Crippen LogP contribution in [-0.2, 0) is 0 Å². The third kappa shape index (κ3) is 3.57. The van der Waals surface area contributed by atoms with E-state index in [4.69, 9.17) is 9.72 Å². The summed E-state index contributed by atoms with van der Waals surface area (Å²) in [7, 11) is 0. The molecule has 0 N–H and O–H groups in total. The Labute approximate surface area is 165 Å². The number of aromatic nitrogens is 2. The lowest BCUT2D eigenvalue weighted by molar-refractivity contribution is 0.148. The number of fused-ring (bicyclic) bond motifs is 3. The van der Waals surface area contributed by atoms with E-state index in [0.29, 0.717) is 5.92 Å². The van der Waals surface area contributed by atoms with Crippen LogP contribution in [-0.4, -0.2) is 40.5 Å². The quantitative estimate of drug-likeness (QED) is 0.503. The molecule has 1 aliphatic rings. The van der Waals surface area contributed by atoms with Gasteiger partial charge in [0.25, 0.3) is 0 Å². The summed E-state index contributed by atoms with van der Waals surface area (Å²) in [6.45, 7) is 6.29. The lowest BCUT2D eigenvalue weighted by Crippen LogP contribution is -2.35. The first-order chi connectivity index (χ1) is 12.3. The third-order valence-electron chi connectivity index (χ3n) is 4.95. The normalized spacial score (nSPS) is 17.2. The second-order valence-corrected chi connectivity index (χ2v) is 8.25. The van der Waals surface area contributed by atoms with Crippen LogP contribution in [0, 0.1) is 12.8 Å². The van der Waals surface area contributed by atoms with Crippen LogP contribution in [0.1, 0.15) is 18.4 Å². The Hall–Kier alpha value is -1.12. The number of hydrogen-bond acceptors (Lipinski definition) is 4. The average Bonchev–Trinajstić information content (AvgIpc) is 3.25. The summed E-state index contributed by atoms with van der Waals surface area (Å²) in [6.07, 6.45) is 6.73. The minimum absolute atomic E-state index is 0.623. The van der Waals surface area contributed by atoms with Gasteiger partial charge in [0.1, 0.15) is 10.3 Å². The van der Waals surface area contributed by atoms with Crippen molar-refractivity contribution in [1.29, 1.82) is 0 Å². The first-order valence-corrected chi connectivity index (χ1v) is 10.8. The molecule has 1 saturated heterocycles. The van der Waals surface area contributed by atoms with Gasteiger partial charge in [0, 0.05) is 12.7 Å². The van der Waals surface area contributed by atoms with Gasteiger partial charge in [-0.05, 0) is 65.9 Å². The van der Waals surface area contributed by atoms with Gasteiger partial charge in [-0.15, -0.1) is 11.3 Å². The smallest absolute Gasteiger partial charge is 0.239 e. The highest BCUT2D eigenvalue weighted by molar-refractivity contribution is 14.1. The number of nitrogens with zero attached hydrogens (tertiary/aromatic N) is 3. The van der Waals surface area contributed by atoms with Gasteiger partial charge in [0.15, 0.2) is 0 Å². The summed E-state index contributed by atoms with van der Waals surface area (Å²) in [5.41, 5.74) is 3.54. The van der Waals surface area contributed by atoms with E-state index in [9.17, 15) is 0 Å². The average molecular weight is 465 g/mol. The van der Waals surface area contributed by atoms with Gasteiger partial charge in [-0.3, -0.25) is 4.90 Å². The predicted molar refractivity (Wildman–Crippen MR) is 113 cm³/mol. The summed E-state index contributed by atoms with van der Waals surface area (Å²) in [4.78, 5) is 8.35. The van der Waals surface area contributed by atoms with Crippen LogP contribution in [0.5, 0.6) is 5.88 Å². The van der Waals surface area contributed by atoms with Gasteiger partial charge in [0.05, 0.1) is 12.1 Å². The Bertz CT molecular complexity index is 893. The molecule has 3 aromatic heterocycles. The molecule has 0 aromatic carbocycles. The number of likely N-dealkylation sites (tertiary alicyclic amines) is 1. The van der Waals surface area contributed by atoms with Crippen molar-refractivity contribution in [2.75, 3.05) is 26.2 Å². The molecule has 0 aliphatic carbocycles. The maximum atomic E-state index is 6.19. The SMILES string of the molecule is Cc1csc2nc(OCC3CCN(C/C=C/[125I])CC3)c3cccn3c12. The molecule has 132 valence electrons. The summed E-state index contributed by atoms with van der Waals surface area (Å²) in [5, 5.41) is 2.17. The van der Waals surface area contributed by atoms with Crippen LogP contribution in [0.15, 0.2) is 33.9 Å². The second kappa shape index (κ2) is 7.63. The Balaban J connectivity index is 1.45. The van der Waals surface area contributed by atoms with E-state index in [1.807, 2.05) is 0 Å². The Kier molecular flexibility index (Phi) is 5.28. The van der Waals surface area contributed by atoms with E-state index in [-0.39, 0.29) is 0 Å². The summed E-state index contributed by atoms with van der Waals surface area (Å²) >= 11 is 3.98. The van der Waals surface area contributed by atoms with Crippen LogP contribution >= 0.6 is 33.9 Å².